The average molecular weight is 1010 g/mol. The predicted octanol–water partition coefficient (Wildman–Crippen LogP) is 11.4. The molecule has 8 atom stereocenters. The first-order valence-electron chi connectivity index (χ1n) is 23.7. The zero-order valence-corrected chi connectivity index (χ0v) is 45.8. The Morgan fingerprint density at radius 3 is 1.34 bits per heavy atom. The molecule has 21 heteroatoms. The Labute approximate surface area is 419 Å². The number of halogens is 2. The minimum absolute atomic E-state index is 0.0805. The highest BCUT2D eigenvalue weighted by molar-refractivity contribution is 7.04. The van der Waals surface area contributed by atoms with Gasteiger partial charge in [0.2, 0.25) is 0 Å². The zero-order chi connectivity index (χ0) is 53.6. The van der Waals surface area contributed by atoms with E-state index in [9.17, 15) is 9.59 Å². The van der Waals surface area contributed by atoms with Crippen molar-refractivity contribution in [2.75, 3.05) is 18.1 Å². The maximum atomic E-state index is 16.4. The molecule has 6 rings (SSSR count). The molecule has 0 unspecified atom stereocenters. The van der Waals surface area contributed by atoms with Gasteiger partial charge in [0.1, 0.15) is 36.1 Å². The van der Waals surface area contributed by atoms with Crippen molar-refractivity contribution in [2.45, 2.75) is 195 Å². The van der Waals surface area contributed by atoms with Gasteiger partial charge >= 0.3 is 12.2 Å². The Kier molecular flexibility index (Phi) is 16.8. The third-order valence-electron chi connectivity index (χ3n) is 10.9. The SMILES string of the molecule is C=C1[C@@H](n2cnc3c(N(C(=O)OC(C)(C)C)C(=O)OC(C)(C)C)ncnc32)[C@@H](F)[C@H](OC(C)(C)C)[C@H]1COC(C)(C)C.C=C1[C@@H](n2cnc3c(N=P)ncnc32)[C@@H](F)[C@H](OC(C)(C)C)[C@H]1COC(C)(C)C. The number of fused-ring (bicyclic) bond motifs is 2. The molecule has 0 aromatic carbocycles. The van der Waals surface area contributed by atoms with E-state index < -0.39 is 82.7 Å². The minimum atomic E-state index is -1.52. The van der Waals surface area contributed by atoms with E-state index in [1.54, 1.807) is 52.4 Å². The van der Waals surface area contributed by atoms with E-state index in [2.05, 4.69) is 56.8 Å². The summed E-state index contributed by atoms with van der Waals surface area (Å²) < 4.78 is 74.7. The molecule has 2 saturated carbocycles. The van der Waals surface area contributed by atoms with Crippen LogP contribution in [0.15, 0.2) is 54.4 Å². The first-order valence-corrected chi connectivity index (χ1v) is 24.1. The van der Waals surface area contributed by atoms with Crippen molar-refractivity contribution in [2.24, 2.45) is 16.6 Å². The Morgan fingerprint density at radius 2 is 0.972 bits per heavy atom. The molecule has 0 aliphatic heterocycles. The van der Waals surface area contributed by atoms with Crippen LogP contribution < -0.4 is 4.90 Å². The van der Waals surface area contributed by atoms with E-state index in [1.807, 2.05) is 83.1 Å². The van der Waals surface area contributed by atoms with Crippen LogP contribution in [0.25, 0.3) is 22.3 Å². The number of imide groups is 1. The normalized spacial score (nSPS) is 23.5. The first-order chi connectivity index (χ1) is 32.4. The van der Waals surface area contributed by atoms with Crippen LogP contribution in [0.2, 0.25) is 0 Å². The maximum Gasteiger partial charge on any atom is 0.425 e. The number of rotatable bonds is 10. The molecule has 0 N–H and O–H groups in total. The van der Waals surface area contributed by atoms with Crippen LogP contribution in [0.5, 0.6) is 0 Å². The molecule has 2 aliphatic rings. The van der Waals surface area contributed by atoms with Crippen LogP contribution in [0.4, 0.5) is 30.0 Å². The second-order valence-corrected chi connectivity index (χ2v) is 24.1. The summed E-state index contributed by atoms with van der Waals surface area (Å²) in [5.74, 6) is -0.522. The fraction of sp³-hybridized carbons (Fsp3) is 0.680. The number of hydrogen-bond acceptors (Lipinski definition) is 15. The number of imidazole rings is 2. The van der Waals surface area contributed by atoms with E-state index >= 15 is 8.78 Å². The van der Waals surface area contributed by atoms with Crippen LogP contribution in [-0.2, 0) is 28.4 Å². The number of aromatic nitrogens is 8. The van der Waals surface area contributed by atoms with E-state index in [4.69, 9.17) is 28.4 Å². The number of carbonyl (C=O) groups excluding carboxylic acids is 2. The minimum Gasteiger partial charge on any atom is -0.443 e. The average Bonchev–Trinajstić information content (AvgIpc) is 3.92. The van der Waals surface area contributed by atoms with Gasteiger partial charge in [0.05, 0.1) is 60.4 Å². The number of nitrogens with zero attached hydrogens (tertiary/aromatic N) is 10. The van der Waals surface area contributed by atoms with Crippen molar-refractivity contribution in [1.29, 1.82) is 0 Å². The molecule has 18 nitrogen and oxygen atoms in total. The van der Waals surface area contributed by atoms with Gasteiger partial charge in [-0.1, -0.05) is 13.2 Å². The molecule has 0 bridgehead atoms. The van der Waals surface area contributed by atoms with Gasteiger partial charge in [0, 0.05) is 11.8 Å². The zero-order valence-electron chi connectivity index (χ0n) is 44.8. The summed E-state index contributed by atoms with van der Waals surface area (Å²) in [6.45, 7) is 42.1. The van der Waals surface area contributed by atoms with E-state index in [0.717, 1.165) is 0 Å². The molecule has 0 radical (unpaired) electrons. The Morgan fingerprint density at radius 1 is 0.592 bits per heavy atom. The highest BCUT2D eigenvalue weighted by atomic mass is 31.0. The van der Waals surface area contributed by atoms with Gasteiger partial charge in [-0.3, -0.25) is 0 Å². The van der Waals surface area contributed by atoms with E-state index in [0.29, 0.717) is 39.6 Å². The van der Waals surface area contributed by atoms with Crippen LogP contribution >= 0.6 is 9.03 Å². The van der Waals surface area contributed by atoms with Crippen LogP contribution in [0.3, 0.4) is 0 Å². The summed E-state index contributed by atoms with van der Waals surface area (Å²) in [4.78, 5) is 52.9. The van der Waals surface area contributed by atoms with Gasteiger partial charge in [-0.05, 0) is 145 Å². The van der Waals surface area contributed by atoms with Gasteiger partial charge < -0.3 is 37.6 Å². The Balaban J connectivity index is 0.000000282. The summed E-state index contributed by atoms with van der Waals surface area (Å²) in [7, 11) is 3.10. The van der Waals surface area contributed by atoms with Crippen molar-refractivity contribution in [1.82, 2.24) is 39.0 Å². The lowest BCUT2D eigenvalue weighted by molar-refractivity contribution is -0.119. The summed E-state index contributed by atoms with van der Waals surface area (Å²) in [6, 6.07) is -1.58. The summed E-state index contributed by atoms with van der Waals surface area (Å²) in [6.07, 6.45) is -0.868. The fourth-order valence-electron chi connectivity index (χ4n) is 8.13. The molecular formula is C50H75F2N10O8P. The fourth-order valence-corrected chi connectivity index (χ4v) is 8.29. The number of carbonyl (C=O) groups is 2. The van der Waals surface area contributed by atoms with Gasteiger partial charge in [0.15, 0.2) is 46.3 Å². The predicted molar refractivity (Wildman–Crippen MR) is 270 cm³/mol. The van der Waals surface area contributed by atoms with Crippen molar-refractivity contribution in [3.8, 4) is 0 Å². The number of alkyl halides is 2. The molecule has 2 fully saturated rings. The summed E-state index contributed by atoms with van der Waals surface area (Å²) >= 11 is 0. The highest BCUT2D eigenvalue weighted by Gasteiger charge is 2.52. The Bertz CT molecular complexity index is 2550. The first kappa shape index (κ1) is 57.0. The van der Waals surface area contributed by atoms with Crippen molar-refractivity contribution in [3.05, 3.63) is 49.6 Å². The van der Waals surface area contributed by atoms with E-state index in [1.165, 1.54) is 23.5 Å². The van der Waals surface area contributed by atoms with Crippen molar-refractivity contribution in [3.63, 3.8) is 0 Å². The van der Waals surface area contributed by atoms with Crippen LogP contribution in [-0.4, -0.2) is 123 Å². The number of anilines is 1. The molecule has 0 saturated heterocycles. The molecule has 4 aromatic rings. The second-order valence-electron chi connectivity index (χ2n) is 23.8. The quantitative estimate of drug-likeness (QED) is 0.108. The van der Waals surface area contributed by atoms with Gasteiger partial charge in [-0.2, -0.15) is 4.90 Å². The molecule has 0 spiro atoms. The topological polar surface area (TPSA) is 192 Å². The summed E-state index contributed by atoms with van der Waals surface area (Å²) in [5.41, 5.74) is -1.26. The lowest BCUT2D eigenvalue weighted by Gasteiger charge is -2.31. The highest BCUT2D eigenvalue weighted by Crippen LogP contribution is 2.47. The molecule has 2 aliphatic carbocycles. The van der Waals surface area contributed by atoms with Gasteiger partial charge in [-0.25, -0.2) is 53.0 Å². The molecule has 2 amide bonds. The molecule has 4 aromatic heterocycles. The van der Waals surface area contributed by atoms with Gasteiger partial charge in [0.25, 0.3) is 0 Å². The lowest BCUT2D eigenvalue weighted by Crippen LogP contribution is -2.44. The lowest BCUT2D eigenvalue weighted by atomic mass is 10.0. The Hall–Kier alpha value is -4.88. The molecule has 392 valence electrons. The molecule has 71 heavy (non-hydrogen) atoms. The number of amides is 2. The summed E-state index contributed by atoms with van der Waals surface area (Å²) in [5, 5.41) is 0. The van der Waals surface area contributed by atoms with Gasteiger partial charge in [-0.15, -0.1) is 0 Å². The van der Waals surface area contributed by atoms with E-state index in [-0.39, 0.29) is 35.1 Å². The van der Waals surface area contributed by atoms with Crippen LogP contribution in [0.1, 0.15) is 137 Å². The number of hydrogen-bond donors (Lipinski definition) is 0. The molecular weight excluding hydrogens is 938 g/mol. The largest absolute Gasteiger partial charge is 0.443 e. The standard InChI is InChI=1S/C30H46FN5O6.C20H29FN5O2P/c1-17-18(14-39-27(2,3)4)22(40-28(5,6)7)19(31)21(17)35-16-34-20-23(35)32-15-33-24(20)36(25(37)41-29(8,9)10)26(38)42-30(11,12)13;1-11-12(8-27-19(2,3)4)16(28-20(5,6)7)13(21)15(11)26-10-24-14-17(25-29)22-9-23-18(14)26/h15-16,18-19,21-22H,1,14H2,2-13H3;9-10,12-13,15-16,29H,1,8H2,2-7H3/t18-,19+,21+,22+;12-,13+,15+,16+/m00/s1. The maximum absolute atomic E-state index is 16.4. The van der Waals surface area contributed by atoms with Crippen LogP contribution in [0, 0.1) is 11.8 Å². The molecule has 4 heterocycles. The van der Waals surface area contributed by atoms with Crippen molar-refractivity contribution >= 4 is 55.2 Å². The number of ether oxygens (including phenoxy) is 6. The smallest absolute Gasteiger partial charge is 0.425 e. The third-order valence-corrected chi connectivity index (χ3v) is 11.1. The third kappa shape index (κ3) is 14.2. The second kappa shape index (κ2) is 20.9. The monoisotopic (exact) mass is 1010 g/mol. The van der Waals surface area contributed by atoms with Crippen molar-refractivity contribution < 1.29 is 46.8 Å².